The highest BCUT2D eigenvalue weighted by atomic mass is 14.9. The van der Waals surface area contributed by atoms with Gasteiger partial charge in [0.1, 0.15) is 0 Å². The van der Waals surface area contributed by atoms with Crippen LogP contribution in [0.25, 0.3) is 0 Å². The standard InChI is InChI=1S/C7H13N/c1-5-4-8-7(3)6(5)2/h5-6,8H,3-4H2,1-2H3. The van der Waals surface area contributed by atoms with Crippen LogP contribution in [0.3, 0.4) is 0 Å². The first-order valence-electron chi connectivity index (χ1n) is 3.14. The molecule has 1 nitrogen and oxygen atoms in total. The molecule has 1 rings (SSSR count). The molecule has 1 aliphatic heterocycles. The van der Waals surface area contributed by atoms with Crippen molar-refractivity contribution in [1.29, 1.82) is 0 Å². The molecule has 2 unspecified atom stereocenters. The van der Waals surface area contributed by atoms with Crippen molar-refractivity contribution in [2.75, 3.05) is 6.54 Å². The average molecular weight is 111 g/mol. The van der Waals surface area contributed by atoms with Crippen molar-refractivity contribution in [3.63, 3.8) is 0 Å². The van der Waals surface area contributed by atoms with E-state index < -0.39 is 0 Å². The lowest BCUT2D eigenvalue weighted by Gasteiger charge is -2.04. The second kappa shape index (κ2) is 1.81. The Morgan fingerprint density at radius 1 is 1.62 bits per heavy atom. The molecule has 1 heterocycles. The van der Waals surface area contributed by atoms with E-state index in [1.165, 1.54) is 5.70 Å². The number of hydrogen-bond acceptors (Lipinski definition) is 1. The zero-order valence-electron chi connectivity index (χ0n) is 5.57. The number of hydrogen-bond donors (Lipinski definition) is 1. The monoisotopic (exact) mass is 111 g/mol. The molecule has 1 N–H and O–H groups in total. The average Bonchev–Trinajstić information content (AvgIpc) is 1.98. The molecular formula is C7H13N. The zero-order valence-corrected chi connectivity index (χ0v) is 5.57. The quantitative estimate of drug-likeness (QED) is 0.498. The van der Waals surface area contributed by atoms with Crippen LogP contribution in [0.1, 0.15) is 13.8 Å². The predicted molar refractivity (Wildman–Crippen MR) is 35.5 cm³/mol. The Hall–Kier alpha value is -0.460. The van der Waals surface area contributed by atoms with Crippen molar-refractivity contribution in [3.05, 3.63) is 12.3 Å². The third kappa shape index (κ3) is 0.726. The van der Waals surface area contributed by atoms with E-state index in [0.717, 1.165) is 12.5 Å². The van der Waals surface area contributed by atoms with Gasteiger partial charge in [-0.3, -0.25) is 0 Å². The van der Waals surface area contributed by atoms with Crippen LogP contribution in [0.2, 0.25) is 0 Å². The van der Waals surface area contributed by atoms with E-state index in [2.05, 4.69) is 25.7 Å². The van der Waals surface area contributed by atoms with Crippen molar-refractivity contribution in [1.82, 2.24) is 5.32 Å². The number of allylic oxidation sites excluding steroid dienone is 1. The van der Waals surface area contributed by atoms with E-state index in [0.29, 0.717) is 5.92 Å². The smallest absolute Gasteiger partial charge is 0.0175 e. The summed E-state index contributed by atoms with van der Waals surface area (Å²) >= 11 is 0. The Labute approximate surface area is 50.8 Å². The van der Waals surface area contributed by atoms with Gasteiger partial charge in [0.15, 0.2) is 0 Å². The van der Waals surface area contributed by atoms with Crippen LogP contribution in [-0.2, 0) is 0 Å². The Morgan fingerprint density at radius 2 is 2.25 bits per heavy atom. The maximum Gasteiger partial charge on any atom is 0.0175 e. The highest BCUT2D eigenvalue weighted by Gasteiger charge is 2.21. The lowest BCUT2D eigenvalue weighted by atomic mass is 9.99. The highest BCUT2D eigenvalue weighted by Crippen LogP contribution is 2.21. The van der Waals surface area contributed by atoms with Crippen molar-refractivity contribution in [2.24, 2.45) is 11.8 Å². The molecule has 1 aliphatic rings. The van der Waals surface area contributed by atoms with Crippen LogP contribution in [0, 0.1) is 11.8 Å². The molecule has 1 fully saturated rings. The summed E-state index contributed by atoms with van der Waals surface area (Å²) < 4.78 is 0. The highest BCUT2D eigenvalue weighted by molar-refractivity contribution is 5.04. The second-order valence-electron chi connectivity index (χ2n) is 2.67. The molecule has 0 bridgehead atoms. The fourth-order valence-electron chi connectivity index (χ4n) is 0.973. The minimum atomic E-state index is 0.676. The minimum Gasteiger partial charge on any atom is -0.388 e. The van der Waals surface area contributed by atoms with Crippen molar-refractivity contribution in [2.45, 2.75) is 13.8 Å². The predicted octanol–water partition coefficient (Wildman–Crippen LogP) is 1.38. The number of rotatable bonds is 0. The van der Waals surface area contributed by atoms with Gasteiger partial charge >= 0.3 is 0 Å². The van der Waals surface area contributed by atoms with Crippen molar-refractivity contribution < 1.29 is 0 Å². The van der Waals surface area contributed by atoms with E-state index in [-0.39, 0.29) is 0 Å². The third-order valence-corrected chi connectivity index (χ3v) is 2.05. The van der Waals surface area contributed by atoms with Gasteiger partial charge in [0, 0.05) is 12.2 Å². The molecule has 0 aliphatic carbocycles. The summed E-state index contributed by atoms with van der Waals surface area (Å²) in [6, 6.07) is 0. The van der Waals surface area contributed by atoms with Gasteiger partial charge < -0.3 is 5.32 Å². The van der Waals surface area contributed by atoms with Gasteiger partial charge in [-0.1, -0.05) is 20.4 Å². The summed E-state index contributed by atoms with van der Waals surface area (Å²) in [5.41, 5.74) is 1.21. The molecule has 2 atom stereocenters. The topological polar surface area (TPSA) is 12.0 Å². The molecule has 0 aromatic heterocycles. The first kappa shape index (κ1) is 5.67. The molecule has 8 heavy (non-hydrogen) atoms. The van der Waals surface area contributed by atoms with Gasteiger partial charge in [-0.25, -0.2) is 0 Å². The molecule has 0 aromatic carbocycles. The summed E-state index contributed by atoms with van der Waals surface area (Å²) in [4.78, 5) is 0. The second-order valence-corrected chi connectivity index (χ2v) is 2.67. The van der Waals surface area contributed by atoms with Crippen LogP contribution < -0.4 is 5.32 Å². The molecule has 0 amide bonds. The minimum absolute atomic E-state index is 0.676. The van der Waals surface area contributed by atoms with Gasteiger partial charge in [-0.15, -0.1) is 0 Å². The Balaban J connectivity index is 2.56. The Morgan fingerprint density at radius 3 is 2.38 bits per heavy atom. The van der Waals surface area contributed by atoms with Crippen LogP contribution in [0.15, 0.2) is 12.3 Å². The van der Waals surface area contributed by atoms with E-state index in [4.69, 9.17) is 0 Å². The molecule has 0 spiro atoms. The molecule has 0 radical (unpaired) electrons. The summed E-state index contributed by atoms with van der Waals surface area (Å²) in [6.07, 6.45) is 0. The molecule has 0 saturated carbocycles. The van der Waals surface area contributed by atoms with E-state index >= 15 is 0 Å². The summed E-state index contributed by atoms with van der Waals surface area (Å²) in [6.45, 7) is 9.45. The van der Waals surface area contributed by atoms with Crippen molar-refractivity contribution in [3.8, 4) is 0 Å². The lowest BCUT2D eigenvalue weighted by molar-refractivity contribution is 0.519. The molecule has 1 saturated heterocycles. The Kier molecular flexibility index (Phi) is 1.28. The number of nitrogens with one attached hydrogen (secondary N) is 1. The largest absolute Gasteiger partial charge is 0.388 e. The maximum absolute atomic E-state index is 3.87. The van der Waals surface area contributed by atoms with Crippen LogP contribution >= 0.6 is 0 Å². The third-order valence-electron chi connectivity index (χ3n) is 2.05. The van der Waals surface area contributed by atoms with Crippen LogP contribution in [0.5, 0.6) is 0 Å². The zero-order chi connectivity index (χ0) is 6.15. The molecule has 46 valence electrons. The first-order valence-corrected chi connectivity index (χ1v) is 3.14. The van der Waals surface area contributed by atoms with E-state index in [9.17, 15) is 0 Å². The van der Waals surface area contributed by atoms with Gasteiger partial charge in [0.2, 0.25) is 0 Å². The summed E-state index contributed by atoms with van der Waals surface area (Å²) in [5, 5.41) is 3.22. The van der Waals surface area contributed by atoms with Gasteiger partial charge in [0.05, 0.1) is 0 Å². The lowest BCUT2D eigenvalue weighted by Crippen LogP contribution is -2.04. The normalized spacial score (nSPS) is 37.5. The molecule has 1 heteroatoms. The SMILES string of the molecule is C=C1NCC(C)C1C. The van der Waals surface area contributed by atoms with Gasteiger partial charge in [-0.05, 0) is 11.8 Å². The maximum atomic E-state index is 3.87. The van der Waals surface area contributed by atoms with Crippen molar-refractivity contribution >= 4 is 0 Å². The fourth-order valence-corrected chi connectivity index (χ4v) is 0.973. The first-order chi connectivity index (χ1) is 3.72. The molecular weight excluding hydrogens is 98.1 g/mol. The van der Waals surface area contributed by atoms with Gasteiger partial charge in [-0.2, -0.15) is 0 Å². The van der Waals surface area contributed by atoms with Crippen LogP contribution in [-0.4, -0.2) is 6.54 Å². The van der Waals surface area contributed by atoms with E-state index in [1.807, 2.05) is 0 Å². The van der Waals surface area contributed by atoms with E-state index in [1.54, 1.807) is 0 Å². The summed E-state index contributed by atoms with van der Waals surface area (Å²) in [5.74, 6) is 1.46. The Bertz CT molecular complexity index is 107. The van der Waals surface area contributed by atoms with Crippen LogP contribution in [0.4, 0.5) is 0 Å². The fraction of sp³-hybridized carbons (Fsp3) is 0.714. The van der Waals surface area contributed by atoms with Gasteiger partial charge in [0.25, 0.3) is 0 Å². The summed E-state index contributed by atoms with van der Waals surface area (Å²) in [7, 11) is 0. The molecule has 0 aromatic rings.